The Bertz CT molecular complexity index is 1020. The van der Waals surface area contributed by atoms with Gasteiger partial charge in [0.05, 0.1) is 10.6 Å². The van der Waals surface area contributed by atoms with E-state index in [4.69, 9.17) is 9.84 Å². The Morgan fingerprint density at radius 3 is 2.38 bits per heavy atom. The predicted octanol–water partition coefficient (Wildman–Crippen LogP) is 8.24. The second-order valence-electron chi connectivity index (χ2n) is 9.59. The number of carboxylic acids is 1. The molecule has 1 aromatic rings. The zero-order valence-corrected chi connectivity index (χ0v) is 21.9. The van der Waals surface area contributed by atoms with Gasteiger partial charge in [-0.1, -0.05) is 39.8 Å². The number of ether oxygens (including phenoxy) is 1. The Kier molecular flexibility index (Phi) is 8.33. The summed E-state index contributed by atoms with van der Waals surface area (Å²) < 4.78 is 22.3. The van der Waals surface area contributed by atoms with Gasteiger partial charge in [-0.15, -0.1) is 0 Å². The van der Waals surface area contributed by atoms with Crippen LogP contribution in [0.5, 0.6) is 5.75 Å². The first-order chi connectivity index (χ1) is 14.8. The van der Waals surface area contributed by atoms with Crippen LogP contribution in [0.2, 0.25) is 0 Å². The maximum Gasteiger partial charge on any atom is 0.328 e. The second-order valence-corrected chi connectivity index (χ2v) is 10.4. The summed E-state index contributed by atoms with van der Waals surface area (Å²) in [6, 6.07) is 2.05. The smallest absolute Gasteiger partial charge is 0.328 e. The number of hydrogen-bond donors (Lipinski definition) is 1. The normalized spacial score (nSPS) is 16.9. The standard InChI is InChI=1S/C27H34BrFO3/c1-15(2)19-11-12-27(7,8)24-21(19)14-20(26(25(24)28)32-16(3)4)18(6)22(29)10-9-17(5)13-23(30)31/h9-11,13-16H,12H2,1-8H3,(H,30,31). The van der Waals surface area contributed by atoms with Crippen molar-refractivity contribution in [3.05, 3.63) is 62.9 Å². The monoisotopic (exact) mass is 504 g/mol. The summed E-state index contributed by atoms with van der Waals surface area (Å²) in [5.41, 5.74) is 5.05. The van der Waals surface area contributed by atoms with Gasteiger partial charge in [-0.25, -0.2) is 9.18 Å². The van der Waals surface area contributed by atoms with Gasteiger partial charge in [-0.05, 0) is 101 Å². The number of hydrogen-bond acceptors (Lipinski definition) is 2. The van der Waals surface area contributed by atoms with Crippen molar-refractivity contribution in [1.29, 1.82) is 0 Å². The molecule has 174 valence electrons. The number of halogens is 2. The highest BCUT2D eigenvalue weighted by Crippen LogP contribution is 2.50. The van der Waals surface area contributed by atoms with E-state index < -0.39 is 11.8 Å². The van der Waals surface area contributed by atoms with Gasteiger partial charge in [-0.3, -0.25) is 0 Å². The number of benzene rings is 1. The molecule has 1 aliphatic carbocycles. The molecule has 0 heterocycles. The lowest BCUT2D eigenvalue weighted by molar-refractivity contribution is -0.131. The van der Waals surface area contributed by atoms with Crippen LogP contribution in [-0.4, -0.2) is 17.2 Å². The molecule has 0 aliphatic heterocycles. The lowest BCUT2D eigenvalue weighted by Crippen LogP contribution is -2.24. The van der Waals surface area contributed by atoms with Gasteiger partial charge < -0.3 is 9.84 Å². The molecule has 0 fully saturated rings. The minimum atomic E-state index is -1.06. The molecule has 0 aromatic heterocycles. The van der Waals surface area contributed by atoms with Crippen LogP contribution in [0, 0.1) is 5.92 Å². The number of carboxylic acid groups (broad SMARTS) is 1. The molecule has 0 spiro atoms. The Morgan fingerprint density at radius 1 is 1.22 bits per heavy atom. The zero-order valence-electron chi connectivity index (χ0n) is 20.3. The van der Waals surface area contributed by atoms with Crippen molar-refractivity contribution in [2.75, 3.05) is 0 Å². The van der Waals surface area contributed by atoms with E-state index in [1.165, 1.54) is 23.3 Å². The quantitative estimate of drug-likeness (QED) is 0.300. The van der Waals surface area contributed by atoms with Crippen LogP contribution in [0.25, 0.3) is 11.1 Å². The van der Waals surface area contributed by atoms with Gasteiger partial charge in [0, 0.05) is 11.6 Å². The van der Waals surface area contributed by atoms with Gasteiger partial charge in [0.2, 0.25) is 0 Å². The molecular weight excluding hydrogens is 471 g/mol. The molecule has 0 radical (unpaired) electrons. The first-order valence-electron chi connectivity index (χ1n) is 11.0. The van der Waals surface area contributed by atoms with Crippen LogP contribution >= 0.6 is 15.9 Å². The third-order valence-electron chi connectivity index (χ3n) is 5.62. The van der Waals surface area contributed by atoms with Gasteiger partial charge in [0.25, 0.3) is 0 Å². The Hall–Kier alpha value is -2.14. The predicted molar refractivity (Wildman–Crippen MR) is 135 cm³/mol. The van der Waals surface area contributed by atoms with Crippen molar-refractivity contribution >= 4 is 33.0 Å². The fourth-order valence-corrected chi connectivity index (χ4v) is 5.03. The molecular formula is C27H34BrFO3. The molecule has 0 saturated carbocycles. The average molecular weight is 505 g/mol. The van der Waals surface area contributed by atoms with E-state index in [1.54, 1.807) is 13.8 Å². The van der Waals surface area contributed by atoms with Crippen molar-refractivity contribution in [2.45, 2.75) is 73.3 Å². The minimum absolute atomic E-state index is 0.0814. The SMILES string of the molecule is CC(C=CC(F)=C(C)c1cc2c(c(Br)c1OC(C)C)C(C)(C)CC=C2C(C)C)=CC(=O)O. The lowest BCUT2D eigenvalue weighted by atomic mass is 9.70. The van der Waals surface area contributed by atoms with Crippen LogP contribution in [0.3, 0.4) is 0 Å². The number of allylic oxidation sites excluding steroid dienone is 7. The molecule has 0 atom stereocenters. The van der Waals surface area contributed by atoms with Crippen molar-refractivity contribution in [1.82, 2.24) is 0 Å². The molecule has 1 aromatic carbocycles. The fraction of sp³-hybridized carbons (Fsp3) is 0.444. The summed E-state index contributed by atoms with van der Waals surface area (Å²) in [4.78, 5) is 10.8. The largest absolute Gasteiger partial charge is 0.489 e. The highest BCUT2D eigenvalue weighted by Gasteiger charge is 2.34. The van der Waals surface area contributed by atoms with Crippen molar-refractivity contribution < 1.29 is 19.0 Å². The summed E-state index contributed by atoms with van der Waals surface area (Å²) in [5.74, 6) is -0.529. The first-order valence-corrected chi connectivity index (χ1v) is 11.8. The van der Waals surface area contributed by atoms with E-state index in [1.807, 2.05) is 19.9 Å². The maximum atomic E-state index is 15.2. The van der Waals surface area contributed by atoms with Gasteiger partial charge in [0.1, 0.15) is 11.6 Å². The summed E-state index contributed by atoms with van der Waals surface area (Å²) in [6.07, 6.45) is 6.95. The summed E-state index contributed by atoms with van der Waals surface area (Å²) >= 11 is 3.82. The van der Waals surface area contributed by atoms with Crippen LogP contribution in [0.1, 0.15) is 78.5 Å². The Balaban J connectivity index is 2.78. The molecule has 2 rings (SSSR count). The van der Waals surface area contributed by atoms with Crippen LogP contribution < -0.4 is 4.74 Å². The molecule has 1 aliphatic rings. The van der Waals surface area contributed by atoms with Crippen LogP contribution in [0.4, 0.5) is 4.39 Å². The lowest BCUT2D eigenvalue weighted by Gasteiger charge is -2.36. The first kappa shape index (κ1) is 26.1. The third kappa shape index (κ3) is 5.80. The van der Waals surface area contributed by atoms with Gasteiger partial charge >= 0.3 is 5.97 Å². The van der Waals surface area contributed by atoms with E-state index in [2.05, 4.69) is 49.7 Å². The molecule has 3 nitrogen and oxygen atoms in total. The van der Waals surface area contributed by atoms with Crippen molar-refractivity contribution in [2.24, 2.45) is 5.92 Å². The molecule has 5 heteroatoms. The molecule has 0 unspecified atom stereocenters. The molecule has 32 heavy (non-hydrogen) atoms. The van der Waals surface area contributed by atoms with E-state index in [-0.39, 0.29) is 11.5 Å². The van der Waals surface area contributed by atoms with Gasteiger partial charge in [-0.2, -0.15) is 0 Å². The molecule has 0 bridgehead atoms. The summed E-state index contributed by atoms with van der Waals surface area (Å²) in [6.45, 7) is 16.0. The Morgan fingerprint density at radius 2 is 1.84 bits per heavy atom. The maximum absolute atomic E-state index is 15.2. The number of aliphatic carboxylic acids is 1. The van der Waals surface area contributed by atoms with E-state index in [9.17, 15) is 4.79 Å². The topological polar surface area (TPSA) is 46.5 Å². The van der Waals surface area contributed by atoms with Crippen molar-refractivity contribution in [3.8, 4) is 5.75 Å². The molecule has 1 N–H and O–H groups in total. The zero-order chi connectivity index (χ0) is 24.4. The molecule has 0 saturated heterocycles. The minimum Gasteiger partial charge on any atom is -0.489 e. The second kappa shape index (κ2) is 10.2. The highest BCUT2D eigenvalue weighted by atomic mass is 79.9. The van der Waals surface area contributed by atoms with Crippen molar-refractivity contribution in [3.63, 3.8) is 0 Å². The number of carbonyl (C=O) groups is 1. The van der Waals surface area contributed by atoms with E-state index in [0.717, 1.165) is 22.5 Å². The fourth-order valence-electron chi connectivity index (χ4n) is 3.98. The van der Waals surface area contributed by atoms with Crippen LogP contribution in [0.15, 0.2) is 46.2 Å². The average Bonchev–Trinajstić information content (AvgIpc) is 2.65. The third-order valence-corrected chi connectivity index (χ3v) is 6.38. The van der Waals surface area contributed by atoms with Gasteiger partial charge in [0.15, 0.2) is 0 Å². The number of fused-ring (bicyclic) bond motifs is 1. The Labute approximate surface area is 199 Å². The highest BCUT2D eigenvalue weighted by molar-refractivity contribution is 9.10. The van der Waals surface area contributed by atoms with Crippen LogP contribution in [-0.2, 0) is 10.2 Å². The summed E-state index contributed by atoms with van der Waals surface area (Å²) in [5, 5.41) is 8.87. The van der Waals surface area contributed by atoms with E-state index >= 15 is 4.39 Å². The number of rotatable bonds is 7. The molecule has 0 amide bonds. The van der Waals surface area contributed by atoms with E-state index in [0.29, 0.717) is 28.4 Å². The summed E-state index contributed by atoms with van der Waals surface area (Å²) in [7, 11) is 0.